The van der Waals surface area contributed by atoms with Crippen LogP contribution in [0.4, 0.5) is 15.2 Å². The number of hydrogen-bond donors (Lipinski definition) is 2. The van der Waals surface area contributed by atoms with Gasteiger partial charge in [-0.05, 0) is 37.8 Å². The zero-order valence-electron chi connectivity index (χ0n) is 14.9. The predicted octanol–water partition coefficient (Wildman–Crippen LogP) is 4.60. The van der Waals surface area contributed by atoms with Crippen LogP contribution in [-0.4, -0.2) is 27.4 Å². The molecule has 3 atom stereocenters. The molecule has 1 aliphatic rings. The highest BCUT2D eigenvalue weighted by atomic mass is 32.2. The zero-order chi connectivity index (χ0) is 18.5. The van der Waals surface area contributed by atoms with Crippen LogP contribution in [0.25, 0.3) is 0 Å². The smallest absolute Gasteiger partial charge is 0.233 e. The van der Waals surface area contributed by atoms with Crippen LogP contribution in [0.2, 0.25) is 0 Å². The lowest BCUT2D eigenvalue weighted by Crippen LogP contribution is -2.44. The van der Waals surface area contributed by atoms with Gasteiger partial charge in [-0.3, -0.25) is 4.79 Å². The van der Waals surface area contributed by atoms with Crippen molar-refractivity contribution in [3.05, 3.63) is 30.1 Å². The molecule has 1 heterocycles. The first-order chi connectivity index (χ1) is 12.5. The van der Waals surface area contributed by atoms with Gasteiger partial charge in [0.25, 0.3) is 0 Å². The van der Waals surface area contributed by atoms with E-state index >= 15 is 0 Å². The molecule has 0 bridgehead atoms. The molecule has 0 saturated heterocycles. The van der Waals surface area contributed by atoms with Gasteiger partial charge >= 0.3 is 0 Å². The molecule has 2 N–H and O–H groups in total. The van der Waals surface area contributed by atoms with Crippen LogP contribution in [0.1, 0.15) is 39.5 Å². The summed E-state index contributed by atoms with van der Waals surface area (Å²) >= 11 is 2.69. The number of thioether (sulfide) groups is 1. The first kappa shape index (κ1) is 19.1. The summed E-state index contributed by atoms with van der Waals surface area (Å²) in [7, 11) is 0. The average Bonchev–Trinajstić information content (AvgIpc) is 3.06. The zero-order valence-corrected chi connectivity index (χ0v) is 16.5. The lowest BCUT2D eigenvalue weighted by Gasteiger charge is -2.30. The Hall–Kier alpha value is -1.67. The molecule has 3 rings (SSSR count). The lowest BCUT2D eigenvalue weighted by molar-refractivity contribution is -0.121. The van der Waals surface area contributed by atoms with Gasteiger partial charge in [-0.25, -0.2) is 4.39 Å². The Morgan fingerprint density at radius 1 is 1.31 bits per heavy atom. The molecule has 0 aliphatic heterocycles. The second-order valence-corrected chi connectivity index (χ2v) is 9.18. The Morgan fingerprint density at radius 3 is 2.85 bits per heavy atom. The van der Waals surface area contributed by atoms with Crippen LogP contribution in [0.5, 0.6) is 0 Å². The normalized spacial score (nSPS) is 21.2. The molecule has 1 aromatic carbocycles. The van der Waals surface area contributed by atoms with Crippen molar-refractivity contribution in [1.82, 2.24) is 15.5 Å². The first-order valence-electron chi connectivity index (χ1n) is 8.85. The number of halogens is 1. The highest BCUT2D eigenvalue weighted by molar-refractivity contribution is 8.02. The highest BCUT2D eigenvalue weighted by Crippen LogP contribution is 2.31. The third-order valence-corrected chi connectivity index (χ3v) is 6.63. The van der Waals surface area contributed by atoms with Crippen LogP contribution < -0.4 is 10.6 Å². The van der Waals surface area contributed by atoms with Crippen molar-refractivity contribution in [1.29, 1.82) is 0 Å². The van der Waals surface area contributed by atoms with E-state index in [2.05, 4.69) is 27.8 Å². The molecule has 1 saturated carbocycles. The van der Waals surface area contributed by atoms with Crippen LogP contribution in [-0.2, 0) is 4.79 Å². The summed E-state index contributed by atoms with van der Waals surface area (Å²) < 4.78 is 14.4. The van der Waals surface area contributed by atoms with Crippen molar-refractivity contribution in [2.45, 2.75) is 55.2 Å². The molecule has 8 heteroatoms. The number of hydrogen-bond acceptors (Lipinski definition) is 6. The Kier molecular flexibility index (Phi) is 6.48. The minimum Gasteiger partial charge on any atom is -0.352 e. The number of carbonyl (C=O) groups excluding carboxylic acids is 1. The predicted molar refractivity (Wildman–Crippen MR) is 104 cm³/mol. The molecule has 0 radical (unpaired) electrons. The summed E-state index contributed by atoms with van der Waals surface area (Å²) in [5.74, 6) is 0.224. The van der Waals surface area contributed by atoms with E-state index in [0.717, 1.165) is 6.42 Å². The van der Waals surface area contributed by atoms with Gasteiger partial charge in [0.2, 0.25) is 11.0 Å². The number of anilines is 2. The van der Waals surface area contributed by atoms with Gasteiger partial charge in [-0.1, -0.05) is 55.0 Å². The van der Waals surface area contributed by atoms with E-state index < -0.39 is 0 Å². The number of para-hydroxylation sites is 1. The number of amides is 1. The van der Waals surface area contributed by atoms with Crippen molar-refractivity contribution >= 4 is 39.8 Å². The van der Waals surface area contributed by atoms with Crippen LogP contribution in [0, 0.1) is 11.7 Å². The topological polar surface area (TPSA) is 66.9 Å². The Bertz CT molecular complexity index is 754. The quantitative estimate of drug-likeness (QED) is 0.701. The fourth-order valence-corrected chi connectivity index (χ4v) is 4.94. The molecule has 1 amide bonds. The Labute approximate surface area is 161 Å². The maximum Gasteiger partial charge on any atom is 0.233 e. The molecule has 1 aliphatic carbocycles. The van der Waals surface area contributed by atoms with Gasteiger partial charge in [0, 0.05) is 6.04 Å². The number of aromatic nitrogens is 2. The maximum absolute atomic E-state index is 13.7. The summed E-state index contributed by atoms with van der Waals surface area (Å²) in [5, 5.41) is 14.5. The van der Waals surface area contributed by atoms with Crippen LogP contribution in [0.3, 0.4) is 0 Å². The monoisotopic (exact) mass is 394 g/mol. The number of nitrogens with one attached hydrogen (secondary N) is 2. The molecule has 140 valence electrons. The number of rotatable bonds is 6. The summed E-state index contributed by atoms with van der Waals surface area (Å²) in [6, 6.07) is 6.69. The van der Waals surface area contributed by atoms with Gasteiger partial charge in [-0.2, -0.15) is 0 Å². The van der Waals surface area contributed by atoms with Crippen molar-refractivity contribution in [3.63, 3.8) is 0 Å². The third kappa shape index (κ3) is 4.94. The van der Waals surface area contributed by atoms with Gasteiger partial charge in [0.1, 0.15) is 5.82 Å². The Morgan fingerprint density at radius 2 is 2.08 bits per heavy atom. The summed E-state index contributed by atoms with van der Waals surface area (Å²) in [5.41, 5.74) is 0.359. The molecule has 0 spiro atoms. The van der Waals surface area contributed by atoms with Crippen molar-refractivity contribution in [2.24, 2.45) is 5.92 Å². The molecule has 1 fully saturated rings. The lowest BCUT2D eigenvalue weighted by atomic mass is 9.86. The van der Waals surface area contributed by atoms with E-state index in [1.54, 1.807) is 18.2 Å². The first-order valence-corrected chi connectivity index (χ1v) is 10.5. The van der Waals surface area contributed by atoms with Crippen molar-refractivity contribution < 1.29 is 9.18 Å². The molecule has 5 nitrogen and oxygen atoms in total. The van der Waals surface area contributed by atoms with Gasteiger partial charge in [0.15, 0.2) is 4.34 Å². The molecule has 2 aromatic rings. The third-order valence-electron chi connectivity index (χ3n) is 4.61. The fourth-order valence-electron chi connectivity index (χ4n) is 3.02. The molecule has 3 unspecified atom stereocenters. The second kappa shape index (κ2) is 8.81. The van der Waals surface area contributed by atoms with Crippen LogP contribution in [0.15, 0.2) is 28.6 Å². The van der Waals surface area contributed by atoms with Gasteiger partial charge in [-0.15, -0.1) is 10.2 Å². The van der Waals surface area contributed by atoms with Gasteiger partial charge < -0.3 is 10.6 Å². The average molecular weight is 395 g/mol. The van der Waals surface area contributed by atoms with E-state index in [4.69, 9.17) is 0 Å². The minimum absolute atomic E-state index is 0.0348. The van der Waals surface area contributed by atoms with E-state index in [1.165, 1.54) is 48.4 Å². The number of benzene rings is 1. The largest absolute Gasteiger partial charge is 0.352 e. The standard InChI is InChI=1S/C18H23FN4OS2/c1-11-7-3-5-9-14(11)20-16(24)12(2)25-18-23-22-17(26-18)21-15-10-6-4-8-13(15)19/h4,6,8,10-12,14H,3,5,7,9H2,1-2H3,(H,20,24)(H,21,22). The fraction of sp³-hybridized carbons (Fsp3) is 0.500. The van der Waals surface area contributed by atoms with Crippen molar-refractivity contribution in [3.8, 4) is 0 Å². The molecule has 26 heavy (non-hydrogen) atoms. The van der Waals surface area contributed by atoms with Gasteiger partial charge in [0.05, 0.1) is 10.9 Å². The number of nitrogens with zero attached hydrogens (tertiary/aromatic N) is 2. The minimum atomic E-state index is -0.341. The molecular weight excluding hydrogens is 371 g/mol. The second-order valence-electron chi connectivity index (χ2n) is 6.61. The molecular formula is C18H23FN4OS2. The Balaban J connectivity index is 1.54. The van der Waals surface area contributed by atoms with Crippen molar-refractivity contribution in [2.75, 3.05) is 5.32 Å². The SMILES string of the molecule is CC(Sc1nnc(Nc2ccccc2F)s1)C(=O)NC1CCCCC1C. The maximum atomic E-state index is 13.7. The van der Waals surface area contributed by atoms with E-state index in [0.29, 0.717) is 21.1 Å². The van der Waals surface area contributed by atoms with E-state index in [1.807, 2.05) is 6.92 Å². The highest BCUT2D eigenvalue weighted by Gasteiger charge is 2.25. The van der Waals surface area contributed by atoms with E-state index in [-0.39, 0.29) is 23.0 Å². The van der Waals surface area contributed by atoms with E-state index in [9.17, 15) is 9.18 Å². The number of carbonyl (C=O) groups is 1. The summed E-state index contributed by atoms with van der Waals surface area (Å²) in [4.78, 5) is 12.5. The molecule has 1 aromatic heterocycles. The van der Waals surface area contributed by atoms with Crippen LogP contribution >= 0.6 is 23.1 Å². The summed E-state index contributed by atoms with van der Waals surface area (Å²) in [6.07, 6.45) is 4.66. The summed E-state index contributed by atoms with van der Waals surface area (Å²) in [6.45, 7) is 4.08.